The fraction of sp³-hybridized carbons (Fsp3) is 0.182. The largest absolute Gasteiger partial charge is 0.389 e. The Morgan fingerprint density at radius 2 is 2.05 bits per heavy atom. The molecule has 0 aliphatic heterocycles. The average Bonchev–Trinajstić information content (AvgIpc) is 2.73. The Hall–Kier alpha value is -2.09. The quantitative estimate of drug-likeness (QED) is 0.829. The first-order valence-corrected chi connectivity index (χ1v) is 5.75. The van der Waals surface area contributed by atoms with Crippen LogP contribution >= 0.6 is 12.2 Å². The molecule has 0 aliphatic carbocycles. The molecule has 0 amide bonds. The van der Waals surface area contributed by atoms with Crippen LogP contribution in [0.4, 0.5) is 14.5 Å². The number of nitrogens with one attached hydrogen (secondary N) is 1. The van der Waals surface area contributed by atoms with E-state index in [1.807, 2.05) is 0 Å². The van der Waals surface area contributed by atoms with E-state index in [4.69, 9.17) is 5.73 Å². The number of halogens is 2. The average molecular weight is 283 g/mol. The van der Waals surface area contributed by atoms with Gasteiger partial charge >= 0.3 is 0 Å². The van der Waals surface area contributed by atoms with Crippen molar-refractivity contribution in [2.75, 3.05) is 5.32 Å². The molecule has 1 heterocycles. The lowest BCUT2D eigenvalue weighted by Gasteiger charge is -2.09. The SMILES string of the molecule is Cn1cnnc1CNc1c(F)cc(C(N)=S)cc1F. The van der Waals surface area contributed by atoms with Crippen LogP contribution in [0.3, 0.4) is 0 Å². The molecule has 0 saturated carbocycles. The summed E-state index contributed by atoms with van der Waals surface area (Å²) in [5.41, 5.74) is 5.23. The van der Waals surface area contributed by atoms with Crippen LogP contribution in [0, 0.1) is 11.6 Å². The lowest BCUT2D eigenvalue weighted by Crippen LogP contribution is -2.13. The minimum atomic E-state index is -0.759. The summed E-state index contributed by atoms with van der Waals surface area (Å²) in [5, 5.41) is 10.1. The highest BCUT2D eigenvalue weighted by Crippen LogP contribution is 2.21. The van der Waals surface area contributed by atoms with Crippen molar-refractivity contribution >= 4 is 22.9 Å². The maximum Gasteiger partial charge on any atom is 0.151 e. The van der Waals surface area contributed by atoms with Gasteiger partial charge in [0.1, 0.15) is 28.6 Å². The smallest absolute Gasteiger partial charge is 0.151 e. The number of hydrogen-bond acceptors (Lipinski definition) is 4. The third kappa shape index (κ3) is 2.84. The van der Waals surface area contributed by atoms with Crippen molar-refractivity contribution in [1.29, 1.82) is 0 Å². The summed E-state index contributed by atoms with van der Waals surface area (Å²) in [6.45, 7) is 0.150. The fourth-order valence-electron chi connectivity index (χ4n) is 1.52. The summed E-state index contributed by atoms with van der Waals surface area (Å²) < 4.78 is 29.1. The Kier molecular flexibility index (Phi) is 3.70. The van der Waals surface area contributed by atoms with Gasteiger partial charge in [-0.05, 0) is 12.1 Å². The van der Waals surface area contributed by atoms with Crippen molar-refractivity contribution < 1.29 is 8.78 Å². The highest BCUT2D eigenvalue weighted by atomic mass is 32.1. The molecule has 0 unspecified atom stereocenters. The van der Waals surface area contributed by atoms with Gasteiger partial charge in [-0.3, -0.25) is 0 Å². The second kappa shape index (κ2) is 5.27. The number of nitrogens with two attached hydrogens (primary N) is 1. The zero-order valence-corrected chi connectivity index (χ0v) is 10.8. The van der Waals surface area contributed by atoms with Crippen molar-refractivity contribution in [1.82, 2.24) is 14.8 Å². The maximum atomic E-state index is 13.7. The van der Waals surface area contributed by atoms with Crippen molar-refractivity contribution in [3.8, 4) is 0 Å². The van der Waals surface area contributed by atoms with Crippen LogP contribution in [0.1, 0.15) is 11.4 Å². The first-order chi connectivity index (χ1) is 8.99. The van der Waals surface area contributed by atoms with Crippen LogP contribution in [0.5, 0.6) is 0 Å². The molecule has 5 nitrogen and oxygen atoms in total. The number of aryl methyl sites for hydroxylation is 1. The summed E-state index contributed by atoms with van der Waals surface area (Å²) >= 11 is 4.67. The zero-order chi connectivity index (χ0) is 14.0. The van der Waals surface area contributed by atoms with Gasteiger partial charge in [-0.25, -0.2) is 8.78 Å². The predicted octanol–water partition coefficient (Wildman–Crippen LogP) is 1.34. The summed E-state index contributed by atoms with van der Waals surface area (Å²) in [6, 6.07) is 2.18. The molecule has 1 aromatic carbocycles. The van der Waals surface area contributed by atoms with Crippen LogP contribution < -0.4 is 11.1 Å². The Balaban J connectivity index is 2.21. The van der Waals surface area contributed by atoms with E-state index in [9.17, 15) is 8.78 Å². The minimum Gasteiger partial charge on any atom is -0.389 e. The lowest BCUT2D eigenvalue weighted by atomic mass is 10.2. The predicted molar refractivity (Wildman–Crippen MR) is 70.6 cm³/mol. The molecular weight excluding hydrogens is 272 g/mol. The maximum absolute atomic E-state index is 13.7. The van der Waals surface area contributed by atoms with Crippen LogP contribution in [0.15, 0.2) is 18.5 Å². The van der Waals surface area contributed by atoms with E-state index in [2.05, 4.69) is 27.7 Å². The Bertz CT molecular complexity index is 602. The zero-order valence-electron chi connectivity index (χ0n) is 10.0. The van der Waals surface area contributed by atoms with Gasteiger partial charge in [-0.15, -0.1) is 10.2 Å². The van der Waals surface area contributed by atoms with E-state index in [-0.39, 0.29) is 22.8 Å². The number of nitrogens with zero attached hydrogens (tertiary/aromatic N) is 3. The lowest BCUT2D eigenvalue weighted by molar-refractivity contribution is 0.586. The topological polar surface area (TPSA) is 68.8 Å². The van der Waals surface area contributed by atoms with Gasteiger partial charge in [0, 0.05) is 12.6 Å². The van der Waals surface area contributed by atoms with Crippen LogP contribution in [-0.4, -0.2) is 19.8 Å². The summed E-state index contributed by atoms with van der Waals surface area (Å²) in [5.74, 6) is -0.966. The van der Waals surface area contributed by atoms with E-state index >= 15 is 0 Å². The molecule has 2 rings (SSSR count). The van der Waals surface area contributed by atoms with Crippen molar-refractivity contribution in [3.63, 3.8) is 0 Å². The summed E-state index contributed by atoms with van der Waals surface area (Å²) in [7, 11) is 1.74. The Morgan fingerprint density at radius 1 is 1.42 bits per heavy atom. The van der Waals surface area contributed by atoms with E-state index < -0.39 is 11.6 Å². The van der Waals surface area contributed by atoms with Gasteiger partial charge in [0.25, 0.3) is 0 Å². The molecule has 2 aromatic rings. The molecule has 0 radical (unpaired) electrons. The Morgan fingerprint density at radius 3 is 2.53 bits per heavy atom. The Labute approximate surface area is 113 Å². The molecule has 3 N–H and O–H groups in total. The number of benzene rings is 1. The molecule has 0 spiro atoms. The number of rotatable bonds is 4. The minimum absolute atomic E-state index is 0.0577. The van der Waals surface area contributed by atoms with E-state index in [0.717, 1.165) is 12.1 Å². The molecule has 0 aliphatic rings. The molecule has 0 fully saturated rings. The molecule has 0 bridgehead atoms. The first-order valence-electron chi connectivity index (χ1n) is 5.34. The molecule has 100 valence electrons. The van der Waals surface area contributed by atoms with Gasteiger partial charge in [0.15, 0.2) is 5.82 Å². The van der Waals surface area contributed by atoms with Crippen molar-refractivity contribution in [3.05, 3.63) is 41.5 Å². The second-order valence-electron chi connectivity index (χ2n) is 3.89. The molecule has 0 saturated heterocycles. The molecule has 0 atom stereocenters. The number of anilines is 1. The summed E-state index contributed by atoms with van der Waals surface area (Å²) in [4.78, 5) is -0.0577. The monoisotopic (exact) mass is 283 g/mol. The van der Waals surface area contributed by atoms with Gasteiger partial charge in [0.05, 0.1) is 6.54 Å². The van der Waals surface area contributed by atoms with E-state index in [0.29, 0.717) is 5.82 Å². The second-order valence-corrected chi connectivity index (χ2v) is 4.33. The molecule has 19 heavy (non-hydrogen) atoms. The van der Waals surface area contributed by atoms with Gasteiger partial charge in [-0.1, -0.05) is 12.2 Å². The van der Waals surface area contributed by atoms with Crippen molar-refractivity contribution in [2.24, 2.45) is 12.8 Å². The first kappa shape index (κ1) is 13.3. The van der Waals surface area contributed by atoms with Crippen LogP contribution in [-0.2, 0) is 13.6 Å². The number of thiocarbonyl (C=S) groups is 1. The van der Waals surface area contributed by atoms with Gasteiger partial charge < -0.3 is 15.6 Å². The normalized spacial score (nSPS) is 10.5. The standard InChI is InChI=1S/C11H11F2N5S/c1-18-5-16-17-9(18)4-15-10-7(12)2-6(11(14)19)3-8(10)13/h2-3,5,15H,4H2,1H3,(H2,14,19). The fourth-order valence-corrected chi connectivity index (χ4v) is 1.64. The van der Waals surface area contributed by atoms with Crippen molar-refractivity contribution in [2.45, 2.75) is 6.54 Å². The number of hydrogen-bond donors (Lipinski definition) is 2. The van der Waals surface area contributed by atoms with E-state index in [1.54, 1.807) is 11.6 Å². The van der Waals surface area contributed by atoms with Gasteiger partial charge in [-0.2, -0.15) is 0 Å². The molecule has 8 heteroatoms. The molecule has 1 aromatic heterocycles. The van der Waals surface area contributed by atoms with Gasteiger partial charge in [0.2, 0.25) is 0 Å². The van der Waals surface area contributed by atoms with E-state index in [1.165, 1.54) is 6.33 Å². The highest BCUT2D eigenvalue weighted by Gasteiger charge is 2.13. The summed E-state index contributed by atoms with van der Waals surface area (Å²) in [6.07, 6.45) is 1.50. The van der Waals surface area contributed by atoms with Crippen LogP contribution in [0.25, 0.3) is 0 Å². The molecular formula is C11H11F2N5S. The number of aromatic nitrogens is 3. The third-order valence-corrected chi connectivity index (χ3v) is 2.79. The van der Waals surface area contributed by atoms with Crippen LogP contribution in [0.2, 0.25) is 0 Å². The third-order valence-electron chi connectivity index (χ3n) is 2.56. The highest BCUT2D eigenvalue weighted by molar-refractivity contribution is 7.80.